The second-order valence-corrected chi connectivity index (χ2v) is 12.0. The summed E-state index contributed by atoms with van der Waals surface area (Å²) in [4.78, 5) is 59.1. The van der Waals surface area contributed by atoms with E-state index in [-0.39, 0.29) is 46.8 Å². The highest BCUT2D eigenvalue weighted by Crippen LogP contribution is 2.53. The normalized spacial score (nSPS) is 22.7. The number of ether oxygens (including phenoxy) is 1. The number of allylic oxidation sites excluding steroid dienone is 2. The molecule has 43 heavy (non-hydrogen) atoms. The molecule has 0 unspecified atom stereocenters. The number of fused-ring (bicyclic) bond motifs is 6. The quantitative estimate of drug-likeness (QED) is 0.109. The minimum atomic E-state index is -1.02. The lowest BCUT2D eigenvalue weighted by Gasteiger charge is -2.18. The number of carbonyl (C=O) groups is 4. The highest BCUT2D eigenvalue weighted by atomic mass is 35.5. The number of imide groups is 1. The van der Waals surface area contributed by atoms with Crippen molar-refractivity contribution in [2.75, 3.05) is 4.90 Å². The molecule has 3 aromatic carbocycles. The minimum Gasteiger partial charge on any atom is -0.451 e. The number of nitrogens with zero attached hydrogens (tertiary/aromatic N) is 2. The van der Waals surface area contributed by atoms with Crippen LogP contribution in [0.2, 0.25) is 5.02 Å². The fourth-order valence-corrected chi connectivity index (χ4v) is 6.85. The van der Waals surface area contributed by atoms with Crippen LogP contribution in [0.4, 0.5) is 5.69 Å². The van der Waals surface area contributed by atoms with Gasteiger partial charge in [0.05, 0.1) is 34.3 Å². The van der Waals surface area contributed by atoms with Crippen molar-refractivity contribution >= 4 is 51.8 Å². The maximum Gasteiger partial charge on any atom is 0.339 e. The average molecular weight is 591 g/mol. The molecule has 2 heterocycles. The molecule has 1 saturated carbocycles. The molecule has 2 aliphatic carbocycles. The third kappa shape index (κ3) is 4.55. The van der Waals surface area contributed by atoms with Crippen molar-refractivity contribution in [3.05, 3.63) is 107 Å². The number of amides is 2. The van der Waals surface area contributed by atoms with E-state index in [0.717, 1.165) is 12.0 Å². The standard InChI is InChI=1S/C35H27ClN2O5/c1-18-3-14-28-26(15-18)27(35(42)43-19(2)32(39)21-6-10-24(36)11-7-21)17-29(37-28)20-8-12-25(13-9-20)38-33(40)30-22-4-5-23(16-22)31(30)34(38)41/h3-15,17,19,22-23,30-31H,16H2,1-2H3/t19-,22-,23-,30-,31+/m0/s1. The number of halogens is 1. The van der Waals surface area contributed by atoms with Crippen molar-refractivity contribution in [2.45, 2.75) is 26.4 Å². The number of anilines is 1. The van der Waals surface area contributed by atoms with Crippen LogP contribution >= 0.6 is 11.6 Å². The molecule has 1 aliphatic heterocycles. The molecule has 7 nitrogen and oxygen atoms in total. The van der Waals surface area contributed by atoms with Crippen LogP contribution in [-0.4, -0.2) is 34.7 Å². The van der Waals surface area contributed by atoms with Crippen LogP contribution in [0.5, 0.6) is 0 Å². The third-order valence-corrected chi connectivity index (χ3v) is 9.11. The molecule has 0 radical (unpaired) electrons. The molecular formula is C35H27ClN2O5. The predicted octanol–water partition coefficient (Wildman–Crippen LogP) is 6.60. The summed E-state index contributed by atoms with van der Waals surface area (Å²) in [5.74, 6) is -1.50. The Bertz CT molecular complexity index is 1830. The lowest BCUT2D eigenvalue weighted by atomic mass is 9.85. The Morgan fingerprint density at radius 1 is 0.907 bits per heavy atom. The summed E-state index contributed by atoms with van der Waals surface area (Å²) in [6.07, 6.45) is 4.01. The summed E-state index contributed by atoms with van der Waals surface area (Å²) < 4.78 is 5.65. The first-order chi connectivity index (χ1) is 20.7. The van der Waals surface area contributed by atoms with Gasteiger partial charge in [0.2, 0.25) is 17.6 Å². The lowest BCUT2D eigenvalue weighted by molar-refractivity contribution is -0.123. The summed E-state index contributed by atoms with van der Waals surface area (Å²) in [7, 11) is 0. The van der Waals surface area contributed by atoms with Gasteiger partial charge in [0.1, 0.15) is 0 Å². The summed E-state index contributed by atoms with van der Waals surface area (Å²) in [6.45, 7) is 3.46. The Hall–Kier alpha value is -4.62. The van der Waals surface area contributed by atoms with Crippen LogP contribution in [0, 0.1) is 30.6 Å². The average Bonchev–Trinajstić information content (AvgIpc) is 3.70. The first kappa shape index (κ1) is 27.2. The number of Topliss-reactive ketones (excluding diaryl/α,β-unsaturated/α-hetero) is 1. The van der Waals surface area contributed by atoms with Gasteiger partial charge in [-0.2, -0.15) is 0 Å². The Labute approximate surface area is 253 Å². The van der Waals surface area contributed by atoms with E-state index in [2.05, 4.69) is 12.2 Å². The lowest BCUT2D eigenvalue weighted by Crippen LogP contribution is -2.32. The number of hydrogen-bond donors (Lipinski definition) is 0. The van der Waals surface area contributed by atoms with Crippen molar-refractivity contribution in [1.29, 1.82) is 0 Å². The van der Waals surface area contributed by atoms with E-state index in [9.17, 15) is 19.2 Å². The monoisotopic (exact) mass is 590 g/mol. The Morgan fingerprint density at radius 3 is 2.21 bits per heavy atom. The number of hydrogen-bond acceptors (Lipinski definition) is 6. The molecule has 8 heteroatoms. The highest BCUT2D eigenvalue weighted by molar-refractivity contribution is 6.30. The van der Waals surface area contributed by atoms with E-state index in [1.54, 1.807) is 61.5 Å². The van der Waals surface area contributed by atoms with Crippen LogP contribution in [-0.2, 0) is 14.3 Å². The summed E-state index contributed by atoms with van der Waals surface area (Å²) >= 11 is 5.94. The Kier molecular flexibility index (Phi) is 6.51. The molecule has 0 N–H and O–H groups in total. The number of benzene rings is 3. The number of rotatable bonds is 6. The van der Waals surface area contributed by atoms with Gasteiger partial charge in [-0.1, -0.05) is 47.5 Å². The van der Waals surface area contributed by atoms with Gasteiger partial charge in [-0.05, 0) is 86.7 Å². The van der Waals surface area contributed by atoms with Crippen molar-refractivity contribution in [2.24, 2.45) is 23.7 Å². The molecule has 214 valence electrons. The van der Waals surface area contributed by atoms with E-state index in [4.69, 9.17) is 21.3 Å². The highest BCUT2D eigenvalue weighted by Gasteiger charge is 2.59. The van der Waals surface area contributed by atoms with Gasteiger partial charge in [-0.25, -0.2) is 9.78 Å². The zero-order valence-corrected chi connectivity index (χ0v) is 24.2. The van der Waals surface area contributed by atoms with Crippen molar-refractivity contribution in [3.8, 4) is 11.3 Å². The largest absolute Gasteiger partial charge is 0.451 e. The summed E-state index contributed by atoms with van der Waals surface area (Å²) in [6, 6.07) is 20.8. The van der Waals surface area contributed by atoms with Gasteiger partial charge < -0.3 is 4.74 Å². The van der Waals surface area contributed by atoms with E-state index in [0.29, 0.717) is 38.4 Å². The van der Waals surface area contributed by atoms with Crippen LogP contribution in [0.1, 0.15) is 39.6 Å². The zero-order chi connectivity index (χ0) is 30.0. The minimum absolute atomic E-state index is 0.133. The van der Waals surface area contributed by atoms with E-state index < -0.39 is 12.1 Å². The first-order valence-corrected chi connectivity index (χ1v) is 14.7. The van der Waals surface area contributed by atoms with Crippen molar-refractivity contribution in [1.82, 2.24) is 4.98 Å². The fourth-order valence-electron chi connectivity index (χ4n) is 6.72. The molecular weight excluding hydrogens is 564 g/mol. The summed E-state index contributed by atoms with van der Waals surface area (Å²) in [5, 5.41) is 1.12. The molecule has 2 fully saturated rings. The number of esters is 1. The third-order valence-electron chi connectivity index (χ3n) is 8.86. The SMILES string of the molecule is Cc1ccc2nc(-c3ccc(N4C(=O)[C@@H]5[C@H](C4=O)[C@H]4C=C[C@H]5C4)cc3)cc(C(=O)O[C@@H](C)C(=O)c3ccc(Cl)cc3)c2c1. The molecule has 4 aromatic rings. The molecule has 2 amide bonds. The Balaban J connectivity index is 1.18. The Morgan fingerprint density at radius 2 is 1.56 bits per heavy atom. The number of ketones is 1. The van der Waals surface area contributed by atoms with Gasteiger partial charge in [-0.3, -0.25) is 19.3 Å². The van der Waals surface area contributed by atoms with Crippen LogP contribution in [0.15, 0.2) is 84.9 Å². The smallest absolute Gasteiger partial charge is 0.339 e. The molecule has 1 aromatic heterocycles. The fraction of sp³-hybridized carbons (Fsp3) is 0.229. The first-order valence-electron chi connectivity index (χ1n) is 14.3. The molecule has 0 spiro atoms. The maximum atomic E-state index is 13.5. The van der Waals surface area contributed by atoms with E-state index in [1.165, 1.54) is 4.90 Å². The van der Waals surface area contributed by atoms with E-state index >= 15 is 0 Å². The molecule has 5 atom stereocenters. The predicted molar refractivity (Wildman–Crippen MR) is 163 cm³/mol. The van der Waals surface area contributed by atoms with Gasteiger partial charge in [0.25, 0.3) is 0 Å². The second-order valence-electron chi connectivity index (χ2n) is 11.6. The molecule has 7 rings (SSSR count). The zero-order valence-electron chi connectivity index (χ0n) is 23.5. The van der Waals surface area contributed by atoms with Gasteiger partial charge in [0, 0.05) is 21.5 Å². The number of pyridine rings is 1. The van der Waals surface area contributed by atoms with Crippen LogP contribution in [0.25, 0.3) is 22.2 Å². The van der Waals surface area contributed by atoms with Gasteiger partial charge in [0.15, 0.2) is 6.10 Å². The maximum absolute atomic E-state index is 13.5. The number of aromatic nitrogens is 1. The van der Waals surface area contributed by atoms with Gasteiger partial charge >= 0.3 is 5.97 Å². The number of aryl methyl sites for hydroxylation is 1. The topological polar surface area (TPSA) is 93.6 Å². The summed E-state index contributed by atoms with van der Waals surface area (Å²) in [5.41, 5.74) is 3.96. The van der Waals surface area contributed by atoms with Crippen molar-refractivity contribution in [3.63, 3.8) is 0 Å². The molecule has 1 saturated heterocycles. The van der Waals surface area contributed by atoms with Crippen LogP contribution in [0.3, 0.4) is 0 Å². The van der Waals surface area contributed by atoms with E-state index in [1.807, 2.05) is 25.1 Å². The molecule has 3 aliphatic rings. The van der Waals surface area contributed by atoms with Gasteiger partial charge in [-0.15, -0.1) is 0 Å². The number of carbonyl (C=O) groups excluding carboxylic acids is 4. The van der Waals surface area contributed by atoms with Crippen molar-refractivity contribution < 1.29 is 23.9 Å². The molecule has 2 bridgehead atoms. The van der Waals surface area contributed by atoms with Crippen LogP contribution < -0.4 is 4.90 Å². The second kappa shape index (κ2) is 10.3.